The van der Waals surface area contributed by atoms with Crippen molar-refractivity contribution >= 4 is 9.84 Å². The van der Waals surface area contributed by atoms with Crippen LogP contribution in [0.4, 0.5) is 0 Å². The van der Waals surface area contributed by atoms with Crippen LogP contribution in [-0.4, -0.2) is 25.0 Å². The molecule has 0 fully saturated rings. The second-order valence-electron chi connectivity index (χ2n) is 6.17. The first kappa shape index (κ1) is 16.2. The average Bonchev–Trinajstić information content (AvgIpc) is 2.25. The van der Waals surface area contributed by atoms with E-state index in [4.69, 9.17) is 5.73 Å². The highest BCUT2D eigenvalue weighted by Crippen LogP contribution is 2.18. The van der Waals surface area contributed by atoms with Crippen LogP contribution in [-0.2, 0) is 16.3 Å². The van der Waals surface area contributed by atoms with Crippen LogP contribution in [0.25, 0.3) is 0 Å². The van der Waals surface area contributed by atoms with E-state index in [9.17, 15) is 8.42 Å². The van der Waals surface area contributed by atoms with E-state index in [0.29, 0.717) is 6.42 Å². The summed E-state index contributed by atoms with van der Waals surface area (Å²) in [5.74, 6) is 0.156. The lowest BCUT2D eigenvalue weighted by Crippen LogP contribution is -2.34. The van der Waals surface area contributed by atoms with Gasteiger partial charge in [-0.1, -0.05) is 29.8 Å². The van der Waals surface area contributed by atoms with Crippen LogP contribution in [0.2, 0.25) is 0 Å². The van der Waals surface area contributed by atoms with E-state index in [1.807, 2.05) is 25.1 Å². The molecule has 19 heavy (non-hydrogen) atoms. The second-order valence-corrected chi connectivity index (χ2v) is 9.04. The lowest BCUT2D eigenvalue weighted by molar-refractivity contribution is 0.549. The van der Waals surface area contributed by atoms with Crippen LogP contribution in [0, 0.1) is 6.92 Å². The molecule has 0 aliphatic carbocycles. The Kier molecular flexibility index (Phi) is 5.16. The minimum absolute atomic E-state index is 0.112. The summed E-state index contributed by atoms with van der Waals surface area (Å²) in [6, 6.07) is 8.06. The number of rotatable bonds is 5. The van der Waals surface area contributed by atoms with Crippen LogP contribution in [0.1, 0.15) is 38.3 Å². The van der Waals surface area contributed by atoms with Crippen molar-refractivity contribution in [2.24, 2.45) is 5.73 Å². The topological polar surface area (TPSA) is 60.2 Å². The quantitative estimate of drug-likeness (QED) is 0.903. The minimum Gasteiger partial charge on any atom is -0.327 e. The molecule has 0 radical (unpaired) electrons. The van der Waals surface area contributed by atoms with E-state index < -0.39 is 14.6 Å². The molecule has 1 atom stereocenters. The first-order chi connectivity index (χ1) is 8.62. The largest absolute Gasteiger partial charge is 0.327 e. The molecule has 1 aromatic rings. The smallest absolute Gasteiger partial charge is 0.155 e. The Morgan fingerprint density at radius 2 is 1.89 bits per heavy atom. The molecule has 0 aliphatic rings. The van der Waals surface area contributed by atoms with Gasteiger partial charge < -0.3 is 5.73 Å². The monoisotopic (exact) mass is 283 g/mol. The molecule has 1 rings (SSSR count). The molecule has 0 bridgehead atoms. The fourth-order valence-electron chi connectivity index (χ4n) is 1.86. The predicted octanol–water partition coefficient (Wildman–Crippen LogP) is 2.47. The molecule has 0 amide bonds. The fourth-order valence-corrected chi connectivity index (χ4v) is 3.08. The summed E-state index contributed by atoms with van der Waals surface area (Å²) in [5, 5.41) is 0. The Hall–Kier alpha value is -0.870. The van der Waals surface area contributed by atoms with Gasteiger partial charge in [-0.25, -0.2) is 8.42 Å². The number of benzene rings is 1. The summed E-state index contributed by atoms with van der Waals surface area (Å²) in [6.07, 6.45) is 1.23. The molecular weight excluding hydrogens is 258 g/mol. The van der Waals surface area contributed by atoms with Crippen molar-refractivity contribution in [1.82, 2.24) is 0 Å². The third kappa shape index (κ3) is 4.96. The normalized spacial score (nSPS) is 14.4. The lowest BCUT2D eigenvalue weighted by atomic mass is 10.0. The molecule has 1 aromatic carbocycles. The van der Waals surface area contributed by atoms with E-state index in [-0.39, 0.29) is 11.8 Å². The lowest BCUT2D eigenvalue weighted by Gasteiger charge is -2.20. The van der Waals surface area contributed by atoms with Crippen LogP contribution >= 0.6 is 0 Å². The molecule has 0 aromatic heterocycles. The van der Waals surface area contributed by atoms with Crippen molar-refractivity contribution in [2.45, 2.75) is 51.3 Å². The van der Waals surface area contributed by atoms with Crippen LogP contribution in [0.3, 0.4) is 0 Å². The summed E-state index contributed by atoms with van der Waals surface area (Å²) in [7, 11) is -3.07. The summed E-state index contributed by atoms with van der Waals surface area (Å²) >= 11 is 0. The number of aryl methyl sites for hydroxylation is 1. The van der Waals surface area contributed by atoms with Gasteiger partial charge in [0, 0.05) is 6.04 Å². The Morgan fingerprint density at radius 1 is 1.26 bits per heavy atom. The van der Waals surface area contributed by atoms with Gasteiger partial charge in [0.15, 0.2) is 9.84 Å². The Morgan fingerprint density at radius 3 is 2.42 bits per heavy atom. The minimum atomic E-state index is -3.07. The summed E-state index contributed by atoms with van der Waals surface area (Å²) < 4.78 is 23.3. The van der Waals surface area contributed by atoms with Crippen molar-refractivity contribution in [3.63, 3.8) is 0 Å². The van der Waals surface area contributed by atoms with Crippen molar-refractivity contribution in [3.8, 4) is 0 Å². The van der Waals surface area contributed by atoms with E-state index in [1.54, 1.807) is 20.8 Å². The zero-order valence-electron chi connectivity index (χ0n) is 12.3. The van der Waals surface area contributed by atoms with Gasteiger partial charge in [0.1, 0.15) is 0 Å². The number of hydrogen-bond donors (Lipinski definition) is 1. The van der Waals surface area contributed by atoms with Gasteiger partial charge in [0.2, 0.25) is 0 Å². The Balaban J connectivity index is 2.56. The maximum Gasteiger partial charge on any atom is 0.155 e. The average molecular weight is 283 g/mol. The SMILES string of the molecule is Cc1cccc(CC(N)CCS(=O)(=O)C(C)(C)C)c1. The summed E-state index contributed by atoms with van der Waals surface area (Å²) in [6.45, 7) is 7.23. The number of nitrogens with two attached hydrogens (primary N) is 1. The molecule has 2 N–H and O–H groups in total. The van der Waals surface area contributed by atoms with E-state index in [2.05, 4.69) is 6.07 Å². The summed E-state index contributed by atoms with van der Waals surface area (Å²) in [5.41, 5.74) is 8.41. The highest BCUT2D eigenvalue weighted by molar-refractivity contribution is 7.92. The molecule has 0 aliphatic heterocycles. The molecule has 108 valence electrons. The first-order valence-corrected chi connectivity index (χ1v) is 8.30. The maximum absolute atomic E-state index is 12.0. The number of hydrogen-bond acceptors (Lipinski definition) is 3. The van der Waals surface area contributed by atoms with Gasteiger partial charge in [-0.2, -0.15) is 0 Å². The first-order valence-electron chi connectivity index (χ1n) is 6.65. The van der Waals surface area contributed by atoms with Crippen LogP contribution in [0.15, 0.2) is 24.3 Å². The zero-order valence-corrected chi connectivity index (χ0v) is 13.1. The molecule has 0 saturated carbocycles. The predicted molar refractivity (Wildman–Crippen MR) is 81.0 cm³/mol. The third-order valence-corrected chi connectivity index (χ3v) is 5.91. The van der Waals surface area contributed by atoms with E-state index in [0.717, 1.165) is 6.42 Å². The van der Waals surface area contributed by atoms with Crippen molar-refractivity contribution in [1.29, 1.82) is 0 Å². The highest BCUT2D eigenvalue weighted by Gasteiger charge is 2.28. The van der Waals surface area contributed by atoms with Crippen molar-refractivity contribution < 1.29 is 8.42 Å². The molecule has 4 heteroatoms. The summed E-state index contributed by atoms with van der Waals surface area (Å²) in [4.78, 5) is 0. The molecular formula is C15H25NO2S. The van der Waals surface area contributed by atoms with Gasteiger partial charge >= 0.3 is 0 Å². The van der Waals surface area contributed by atoms with Gasteiger partial charge in [-0.3, -0.25) is 0 Å². The van der Waals surface area contributed by atoms with Crippen LogP contribution < -0.4 is 5.73 Å². The molecule has 3 nitrogen and oxygen atoms in total. The molecule has 1 unspecified atom stereocenters. The second kappa shape index (κ2) is 6.06. The maximum atomic E-state index is 12.0. The van der Waals surface area contributed by atoms with E-state index >= 15 is 0 Å². The standard InChI is InChI=1S/C15H25NO2S/c1-12-6-5-7-13(10-12)11-14(16)8-9-19(17,18)15(2,3)4/h5-7,10,14H,8-9,11,16H2,1-4H3. The molecule has 0 heterocycles. The Bertz CT molecular complexity index is 515. The number of sulfone groups is 1. The fraction of sp³-hybridized carbons (Fsp3) is 0.600. The van der Waals surface area contributed by atoms with E-state index in [1.165, 1.54) is 11.1 Å². The Labute approximate surface area is 117 Å². The van der Waals surface area contributed by atoms with Gasteiger partial charge in [-0.15, -0.1) is 0 Å². The van der Waals surface area contributed by atoms with Gasteiger partial charge in [-0.05, 0) is 46.1 Å². The van der Waals surface area contributed by atoms with Gasteiger partial charge in [0.25, 0.3) is 0 Å². The third-order valence-electron chi connectivity index (χ3n) is 3.27. The highest BCUT2D eigenvalue weighted by atomic mass is 32.2. The van der Waals surface area contributed by atoms with Gasteiger partial charge in [0.05, 0.1) is 10.5 Å². The van der Waals surface area contributed by atoms with Crippen LogP contribution in [0.5, 0.6) is 0 Å². The van der Waals surface area contributed by atoms with Crippen molar-refractivity contribution in [2.75, 3.05) is 5.75 Å². The molecule has 0 saturated heterocycles. The molecule has 0 spiro atoms. The van der Waals surface area contributed by atoms with Crippen molar-refractivity contribution in [3.05, 3.63) is 35.4 Å². The zero-order chi connectivity index (χ0) is 14.7.